The maximum Gasteiger partial charge on any atom is 0.123 e. The molecule has 3 heteroatoms. The lowest BCUT2D eigenvalue weighted by Crippen LogP contribution is -1.81. The lowest BCUT2D eigenvalue weighted by Gasteiger charge is -2.00. The molecule has 1 aromatic carbocycles. The lowest BCUT2D eigenvalue weighted by atomic mass is 10.1. The van der Waals surface area contributed by atoms with Crippen molar-refractivity contribution >= 4 is 15.9 Å². The first-order valence-corrected chi connectivity index (χ1v) is 4.84. The van der Waals surface area contributed by atoms with Crippen LogP contribution in [0.25, 0.3) is 11.1 Å². The summed E-state index contributed by atoms with van der Waals surface area (Å²) in [4.78, 5) is 4.01. The van der Waals surface area contributed by atoms with E-state index in [1.54, 1.807) is 12.3 Å². The summed E-state index contributed by atoms with van der Waals surface area (Å²) in [5.74, 6) is -0.276. The minimum absolute atomic E-state index is 0.276. The smallest absolute Gasteiger partial charge is 0.123 e. The number of aromatic nitrogens is 1. The van der Waals surface area contributed by atoms with E-state index >= 15 is 0 Å². The minimum atomic E-state index is -0.276. The van der Waals surface area contributed by atoms with Crippen molar-refractivity contribution in [3.63, 3.8) is 0 Å². The molecule has 1 nitrogen and oxygen atoms in total. The molecule has 0 spiro atoms. The first-order valence-electron chi connectivity index (χ1n) is 4.05. The molecule has 1 aromatic heterocycles. The second-order valence-electron chi connectivity index (χ2n) is 2.79. The van der Waals surface area contributed by atoms with E-state index in [0.29, 0.717) is 0 Å². The van der Waals surface area contributed by atoms with Gasteiger partial charge in [-0.3, -0.25) is 0 Å². The van der Waals surface area contributed by atoms with Crippen molar-refractivity contribution < 1.29 is 4.39 Å². The molecule has 1 heterocycles. The van der Waals surface area contributed by atoms with Crippen LogP contribution in [0.1, 0.15) is 0 Å². The molecule has 0 amide bonds. The van der Waals surface area contributed by atoms with Crippen LogP contribution >= 0.6 is 15.9 Å². The Balaban J connectivity index is 2.44. The van der Waals surface area contributed by atoms with Gasteiger partial charge in [-0.1, -0.05) is 6.07 Å². The third kappa shape index (κ3) is 1.99. The molecule has 2 rings (SSSR count). The van der Waals surface area contributed by atoms with E-state index in [0.717, 1.165) is 15.7 Å². The molecule has 0 saturated carbocycles. The fourth-order valence-corrected chi connectivity index (χ4v) is 1.52. The molecule has 1 radical (unpaired) electrons. The molecule has 14 heavy (non-hydrogen) atoms. The van der Waals surface area contributed by atoms with E-state index in [4.69, 9.17) is 0 Å². The van der Waals surface area contributed by atoms with Gasteiger partial charge in [0.15, 0.2) is 0 Å². The highest BCUT2D eigenvalue weighted by Gasteiger charge is 1.98. The summed E-state index contributed by atoms with van der Waals surface area (Å²) in [6.45, 7) is 0. The van der Waals surface area contributed by atoms with Crippen LogP contribution in [0, 0.1) is 11.9 Å². The molecule has 0 fully saturated rings. The van der Waals surface area contributed by atoms with Crippen LogP contribution in [-0.4, -0.2) is 4.98 Å². The summed E-state index contributed by atoms with van der Waals surface area (Å²) in [7, 11) is 0. The Bertz CT molecular complexity index is 439. The minimum Gasteiger partial charge on any atom is -0.249 e. The molecule has 0 atom stereocenters. The maximum absolute atomic E-state index is 12.6. The highest BCUT2D eigenvalue weighted by molar-refractivity contribution is 9.10. The Morgan fingerprint density at radius 3 is 2.79 bits per heavy atom. The van der Waals surface area contributed by atoms with Crippen LogP contribution in [0.2, 0.25) is 0 Å². The van der Waals surface area contributed by atoms with E-state index in [9.17, 15) is 4.39 Å². The maximum atomic E-state index is 12.6. The van der Waals surface area contributed by atoms with Crippen LogP contribution in [0.4, 0.5) is 4.39 Å². The number of hydrogen-bond acceptors (Lipinski definition) is 1. The van der Waals surface area contributed by atoms with E-state index in [1.165, 1.54) is 12.1 Å². The first-order chi connectivity index (χ1) is 6.75. The third-order valence-corrected chi connectivity index (χ3v) is 2.25. The zero-order chi connectivity index (χ0) is 9.97. The van der Waals surface area contributed by atoms with Crippen molar-refractivity contribution in [2.45, 2.75) is 0 Å². The molecule has 2 aromatic rings. The standard InChI is InChI=1S/C11H6BrFN/c12-11-7-9(5-6-14-11)8-1-3-10(13)4-2-8/h1,3-7H. The summed E-state index contributed by atoms with van der Waals surface area (Å²) in [5, 5.41) is 0. The van der Waals surface area contributed by atoms with Gasteiger partial charge in [-0.05, 0) is 57.4 Å². The largest absolute Gasteiger partial charge is 0.249 e. The van der Waals surface area contributed by atoms with Gasteiger partial charge in [0.1, 0.15) is 10.4 Å². The fourth-order valence-electron chi connectivity index (χ4n) is 1.16. The van der Waals surface area contributed by atoms with Crippen molar-refractivity contribution in [2.24, 2.45) is 0 Å². The first kappa shape index (κ1) is 9.34. The average molecular weight is 251 g/mol. The van der Waals surface area contributed by atoms with Gasteiger partial charge in [0.25, 0.3) is 0 Å². The van der Waals surface area contributed by atoms with Crippen molar-refractivity contribution in [1.29, 1.82) is 0 Å². The second kappa shape index (κ2) is 3.88. The number of pyridine rings is 1. The van der Waals surface area contributed by atoms with Crippen LogP contribution in [0.3, 0.4) is 0 Å². The number of hydrogen-bond donors (Lipinski definition) is 0. The van der Waals surface area contributed by atoms with Crippen LogP contribution in [0.5, 0.6) is 0 Å². The van der Waals surface area contributed by atoms with Gasteiger partial charge in [0, 0.05) is 6.20 Å². The summed E-state index contributed by atoms with van der Waals surface area (Å²) in [6.07, 6.45) is 1.69. The van der Waals surface area contributed by atoms with Gasteiger partial charge in [-0.2, -0.15) is 0 Å². The van der Waals surface area contributed by atoms with Crippen molar-refractivity contribution in [3.8, 4) is 11.1 Å². The monoisotopic (exact) mass is 250 g/mol. The topological polar surface area (TPSA) is 12.9 Å². The normalized spacial score (nSPS) is 10.1. The Morgan fingerprint density at radius 2 is 2.14 bits per heavy atom. The molecular formula is C11H6BrFN. The SMILES string of the molecule is Fc1c[c]c(-c2ccnc(Br)c2)cc1. The number of halogens is 2. The van der Waals surface area contributed by atoms with E-state index < -0.39 is 0 Å². The highest BCUT2D eigenvalue weighted by atomic mass is 79.9. The molecule has 0 N–H and O–H groups in total. The highest BCUT2D eigenvalue weighted by Crippen LogP contribution is 2.20. The Labute approximate surface area is 89.7 Å². The average Bonchev–Trinajstić information content (AvgIpc) is 2.19. The number of rotatable bonds is 1. The van der Waals surface area contributed by atoms with Crippen molar-refractivity contribution in [1.82, 2.24) is 4.98 Å². The molecule has 69 valence electrons. The zero-order valence-corrected chi connectivity index (χ0v) is 8.75. The van der Waals surface area contributed by atoms with Gasteiger partial charge in [-0.15, -0.1) is 0 Å². The summed E-state index contributed by atoms with van der Waals surface area (Å²) >= 11 is 3.27. The van der Waals surface area contributed by atoms with Gasteiger partial charge >= 0.3 is 0 Å². The zero-order valence-electron chi connectivity index (χ0n) is 7.17. The van der Waals surface area contributed by atoms with Gasteiger partial charge in [-0.25, -0.2) is 9.37 Å². The molecule has 0 bridgehead atoms. The predicted octanol–water partition coefficient (Wildman–Crippen LogP) is 3.45. The molecule has 0 aliphatic heterocycles. The van der Waals surface area contributed by atoms with E-state index in [2.05, 4.69) is 27.0 Å². The van der Waals surface area contributed by atoms with Gasteiger partial charge in [0.2, 0.25) is 0 Å². The Hall–Kier alpha value is -1.22. The molecule has 0 unspecified atom stereocenters. The molecular weight excluding hydrogens is 245 g/mol. The molecule has 0 saturated heterocycles. The number of benzene rings is 1. The Morgan fingerprint density at radius 1 is 1.29 bits per heavy atom. The van der Waals surface area contributed by atoms with Crippen LogP contribution < -0.4 is 0 Å². The molecule has 0 aliphatic carbocycles. The Kier molecular flexibility index (Phi) is 2.59. The fraction of sp³-hybridized carbons (Fsp3) is 0. The lowest BCUT2D eigenvalue weighted by molar-refractivity contribution is 0.628. The number of nitrogens with zero attached hydrogens (tertiary/aromatic N) is 1. The molecule has 0 aliphatic rings. The van der Waals surface area contributed by atoms with Crippen LogP contribution in [-0.2, 0) is 0 Å². The van der Waals surface area contributed by atoms with E-state index in [1.807, 2.05) is 12.1 Å². The quantitative estimate of drug-likeness (QED) is 0.707. The second-order valence-corrected chi connectivity index (χ2v) is 3.60. The van der Waals surface area contributed by atoms with Crippen molar-refractivity contribution in [2.75, 3.05) is 0 Å². The van der Waals surface area contributed by atoms with Crippen LogP contribution in [0.15, 0.2) is 41.1 Å². The van der Waals surface area contributed by atoms with Gasteiger partial charge in [0.05, 0.1) is 0 Å². The summed E-state index contributed by atoms with van der Waals surface area (Å²) in [5.41, 5.74) is 1.82. The third-order valence-electron chi connectivity index (χ3n) is 1.81. The van der Waals surface area contributed by atoms with E-state index in [-0.39, 0.29) is 5.82 Å². The van der Waals surface area contributed by atoms with Gasteiger partial charge < -0.3 is 0 Å². The predicted molar refractivity (Wildman–Crippen MR) is 56.2 cm³/mol. The summed E-state index contributed by atoms with van der Waals surface area (Å²) < 4.78 is 13.4. The summed E-state index contributed by atoms with van der Waals surface area (Å²) in [6, 6.07) is 11.0. The van der Waals surface area contributed by atoms with Crippen molar-refractivity contribution in [3.05, 3.63) is 53.0 Å².